The first kappa shape index (κ1) is 18.1. The van der Waals surface area contributed by atoms with Crippen LogP contribution in [0.15, 0.2) is 58.6 Å². The Morgan fingerprint density at radius 2 is 1.52 bits per heavy atom. The van der Waals surface area contributed by atoms with Crippen molar-refractivity contribution in [3.8, 4) is 0 Å². The molecule has 129 valence electrons. The topological polar surface area (TPSA) is 0 Å². The molecule has 0 atom stereocenters. The lowest BCUT2D eigenvalue weighted by atomic mass is 9.87. The second kappa shape index (κ2) is 6.89. The van der Waals surface area contributed by atoms with Crippen LogP contribution < -0.4 is 0 Å². The van der Waals surface area contributed by atoms with Crippen LogP contribution in [0.4, 0.5) is 13.2 Å². The maximum Gasteiger partial charge on any atom is 0.416 e. The second-order valence-corrected chi connectivity index (χ2v) is 6.59. The smallest absolute Gasteiger partial charge is 0.166 e. The van der Waals surface area contributed by atoms with E-state index in [4.69, 9.17) is 23.2 Å². The Bertz CT molecular complexity index is 859. The van der Waals surface area contributed by atoms with Crippen molar-refractivity contribution >= 4 is 34.3 Å². The highest BCUT2D eigenvalue weighted by Gasteiger charge is 2.35. The van der Waals surface area contributed by atoms with Crippen LogP contribution in [0.2, 0.25) is 0 Å². The van der Waals surface area contributed by atoms with Crippen LogP contribution >= 0.6 is 23.2 Å². The van der Waals surface area contributed by atoms with Gasteiger partial charge < -0.3 is 0 Å². The number of hydrogen-bond donors (Lipinski definition) is 0. The molecule has 3 rings (SSSR count). The molecule has 2 aromatic rings. The minimum Gasteiger partial charge on any atom is -0.166 e. The lowest BCUT2D eigenvalue weighted by molar-refractivity contribution is -0.137. The van der Waals surface area contributed by atoms with E-state index in [0.29, 0.717) is 17.0 Å². The van der Waals surface area contributed by atoms with Gasteiger partial charge in [0.25, 0.3) is 0 Å². The molecular formula is C20H14Cl2F3. The molecule has 0 heterocycles. The Hall–Kier alpha value is -1.71. The third-order valence-corrected chi connectivity index (χ3v) is 5.03. The van der Waals surface area contributed by atoms with Gasteiger partial charge in [0, 0.05) is 0 Å². The first-order valence-electron chi connectivity index (χ1n) is 7.64. The summed E-state index contributed by atoms with van der Waals surface area (Å²) in [4.78, 5) is 0. The molecule has 0 saturated carbocycles. The van der Waals surface area contributed by atoms with Gasteiger partial charge in [-0.15, -0.1) is 0 Å². The molecular weight excluding hydrogens is 368 g/mol. The van der Waals surface area contributed by atoms with E-state index in [2.05, 4.69) is 0 Å². The summed E-state index contributed by atoms with van der Waals surface area (Å²) < 4.78 is 39.8. The zero-order valence-electron chi connectivity index (χ0n) is 13.3. The third kappa shape index (κ3) is 3.63. The summed E-state index contributed by atoms with van der Waals surface area (Å²) in [5, 5.41) is 0.431. The average molecular weight is 382 g/mol. The molecule has 1 radical (unpaired) electrons. The van der Waals surface area contributed by atoms with Crippen LogP contribution in [0.5, 0.6) is 0 Å². The molecule has 0 fully saturated rings. The van der Waals surface area contributed by atoms with Crippen molar-refractivity contribution < 1.29 is 13.2 Å². The number of alkyl halides is 3. The summed E-state index contributed by atoms with van der Waals surface area (Å²) in [5.41, 5.74) is 2.47. The van der Waals surface area contributed by atoms with Crippen molar-refractivity contribution in [1.29, 1.82) is 0 Å². The molecule has 2 aromatic carbocycles. The number of rotatable bonds is 2. The number of halogens is 5. The minimum absolute atomic E-state index is 0.0427. The van der Waals surface area contributed by atoms with E-state index in [1.54, 1.807) is 12.5 Å². The fourth-order valence-electron chi connectivity index (χ4n) is 2.83. The molecule has 0 unspecified atom stereocenters. The normalized spacial score (nSPS) is 15.8. The van der Waals surface area contributed by atoms with Gasteiger partial charge in [0.15, 0.2) is 0 Å². The monoisotopic (exact) mass is 381 g/mol. The number of hydrogen-bond acceptors (Lipinski definition) is 0. The van der Waals surface area contributed by atoms with Gasteiger partial charge in [0.1, 0.15) is 0 Å². The van der Waals surface area contributed by atoms with Crippen molar-refractivity contribution in [2.24, 2.45) is 0 Å². The van der Waals surface area contributed by atoms with Gasteiger partial charge in [-0.2, -0.15) is 13.2 Å². The fraction of sp³-hybridized carbons (Fsp3) is 0.150. The predicted molar refractivity (Wildman–Crippen MR) is 97.1 cm³/mol. The highest BCUT2D eigenvalue weighted by molar-refractivity contribution is 6.48. The first-order valence-corrected chi connectivity index (χ1v) is 8.40. The molecule has 25 heavy (non-hydrogen) atoms. The van der Waals surface area contributed by atoms with E-state index >= 15 is 0 Å². The van der Waals surface area contributed by atoms with E-state index in [1.807, 2.05) is 31.2 Å². The molecule has 0 aromatic heterocycles. The van der Waals surface area contributed by atoms with Gasteiger partial charge in [0.2, 0.25) is 0 Å². The summed E-state index contributed by atoms with van der Waals surface area (Å²) in [6, 6.07) is 13.2. The van der Waals surface area contributed by atoms with E-state index in [-0.39, 0.29) is 10.6 Å². The van der Waals surface area contributed by atoms with Gasteiger partial charge in [-0.05, 0) is 48.1 Å². The van der Waals surface area contributed by atoms with Gasteiger partial charge in [-0.3, -0.25) is 0 Å². The van der Waals surface area contributed by atoms with E-state index < -0.39 is 11.7 Å². The van der Waals surface area contributed by atoms with Crippen LogP contribution in [0.1, 0.15) is 28.7 Å². The van der Waals surface area contributed by atoms with E-state index in [1.165, 1.54) is 12.1 Å². The highest BCUT2D eigenvalue weighted by Crippen LogP contribution is 2.45. The number of benzene rings is 2. The fourth-order valence-corrected chi connectivity index (χ4v) is 3.41. The van der Waals surface area contributed by atoms with Crippen molar-refractivity contribution in [3.05, 3.63) is 87.3 Å². The highest BCUT2D eigenvalue weighted by atomic mass is 35.5. The second-order valence-electron chi connectivity index (χ2n) is 5.84. The summed E-state index contributed by atoms with van der Waals surface area (Å²) in [7, 11) is 0. The summed E-state index contributed by atoms with van der Waals surface area (Å²) in [6.45, 7) is 1.98. The van der Waals surface area contributed by atoms with Gasteiger partial charge in [0.05, 0.1) is 15.6 Å². The van der Waals surface area contributed by atoms with Crippen LogP contribution in [-0.4, -0.2) is 0 Å². The summed E-state index contributed by atoms with van der Waals surface area (Å²) >= 11 is 12.8. The molecule has 5 heteroatoms. The largest absolute Gasteiger partial charge is 0.416 e. The number of allylic oxidation sites excluding steroid dienone is 4. The van der Waals surface area contributed by atoms with Gasteiger partial charge >= 0.3 is 6.18 Å². The molecule has 0 nitrogen and oxygen atoms in total. The maximum atomic E-state index is 13.3. The zero-order chi connectivity index (χ0) is 18.2. The molecule has 0 spiro atoms. The lowest BCUT2D eigenvalue weighted by Crippen LogP contribution is -2.10. The Kier molecular flexibility index (Phi) is 4.99. The molecule has 0 bridgehead atoms. The Labute approximate surface area is 154 Å². The predicted octanol–water partition coefficient (Wildman–Crippen LogP) is 7.22. The van der Waals surface area contributed by atoms with Crippen LogP contribution in [0.3, 0.4) is 0 Å². The molecule has 0 amide bonds. The number of aryl methyl sites for hydroxylation is 1. The molecule has 0 saturated heterocycles. The summed E-state index contributed by atoms with van der Waals surface area (Å²) in [5.74, 6) is 0. The third-order valence-electron chi connectivity index (χ3n) is 4.13. The quantitative estimate of drug-likeness (QED) is 0.514. The van der Waals surface area contributed by atoms with Crippen molar-refractivity contribution in [1.82, 2.24) is 0 Å². The zero-order valence-corrected chi connectivity index (χ0v) is 14.8. The standard InChI is InChI=1S/C20H14Cl2F3/c1-12-6-8-13(9-7-12)14-10-11-16(19(22)18(14)21)15-4-2-3-5-17(15)20(23,24)25/h2-9,11H,10H2,1H3. The summed E-state index contributed by atoms with van der Waals surface area (Å²) in [6.07, 6.45) is -2.34. The minimum atomic E-state index is -4.46. The first-order chi connectivity index (χ1) is 11.8. The van der Waals surface area contributed by atoms with Crippen LogP contribution in [0, 0.1) is 13.3 Å². The average Bonchev–Trinajstić information content (AvgIpc) is 2.57. The molecule has 0 N–H and O–H groups in total. The van der Waals surface area contributed by atoms with Crippen LogP contribution in [0.25, 0.3) is 11.1 Å². The Balaban J connectivity index is 2.10. The molecule has 0 aliphatic heterocycles. The van der Waals surface area contributed by atoms with E-state index in [0.717, 1.165) is 22.8 Å². The van der Waals surface area contributed by atoms with Crippen molar-refractivity contribution in [3.63, 3.8) is 0 Å². The SMILES string of the molecule is Cc1ccc(C2=C(Cl)C(Cl)=C(c3ccccc3C(F)(F)F)[CH]C2)cc1. The Morgan fingerprint density at radius 3 is 2.16 bits per heavy atom. The van der Waals surface area contributed by atoms with Crippen molar-refractivity contribution in [2.45, 2.75) is 19.5 Å². The molecule has 1 aliphatic rings. The molecule has 1 aliphatic carbocycles. The van der Waals surface area contributed by atoms with Crippen molar-refractivity contribution in [2.75, 3.05) is 0 Å². The van der Waals surface area contributed by atoms with Gasteiger partial charge in [-0.25, -0.2) is 0 Å². The van der Waals surface area contributed by atoms with E-state index in [9.17, 15) is 13.2 Å². The van der Waals surface area contributed by atoms with Gasteiger partial charge in [-0.1, -0.05) is 71.2 Å². The Morgan fingerprint density at radius 1 is 0.880 bits per heavy atom. The lowest BCUT2D eigenvalue weighted by Gasteiger charge is -2.22. The maximum absolute atomic E-state index is 13.3. The van der Waals surface area contributed by atoms with Crippen LogP contribution in [-0.2, 0) is 6.18 Å².